The highest BCUT2D eigenvalue weighted by Crippen LogP contribution is 2.22. The van der Waals surface area contributed by atoms with Gasteiger partial charge in [-0.25, -0.2) is 13.4 Å². The Morgan fingerprint density at radius 3 is 2.43 bits per heavy atom. The number of pyridine rings is 1. The minimum absolute atomic E-state index is 0.00512. The third-order valence-electron chi connectivity index (χ3n) is 3.10. The number of hydrogen-bond acceptors (Lipinski definition) is 5. The third-order valence-corrected chi connectivity index (χ3v) is 4.43. The van der Waals surface area contributed by atoms with Gasteiger partial charge in [0.25, 0.3) is 11.5 Å². The molecule has 1 aromatic heterocycles. The van der Waals surface area contributed by atoms with Crippen molar-refractivity contribution in [2.45, 2.75) is 11.4 Å². The number of aromatic amines is 1. The zero-order valence-corrected chi connectivity index (χ0v) is 13.4. The summed E-state index contributed by atoms with van der Waals surface area (Å²) < 4.78 is 28.0. The van der Waals surface area contributed by atoms with Crippen molar-refractivity contribution in [3.63, 3.8) is 0 Å². The van der Waals surface area contributed by atoms with Gasteiger partial charge < -0.3 is 4.72 Å². The van der Waals surface area contributed by atoms with E-state index in [1.54, 1.807) is 18.3 Å². The van der Waals surface area contributed by atoms with Crippen LogP contribution in [0.3, 0.4) is 0 Å². The number of sulfonamides is 1. The first-order valence-electron chi connectivity index (χ1n) is 6.66. The standard InChI is InChI=1S/C14H15N4O4S/c1-17(2)14-9-11(7-8-15-14)10-16-23(21,22)13-5-3-12(4-6-13)18(19)20/h3-9H,10H2,1-2H3/q-1/p+1. The predicted octanol–water partition coefficient (Wildman–Crippen LogP) is 1.74. The molecule has 8 nitrogen and oxygen atoms in total. The number of rotatable bonds is 6. The van der Waals surface area contributed by atoms with Crippen molar-refractivity contribution in [2.75, 3.05) is 19.0 Å². The molecule has 1 heterocycles. The van der Waals surface area contributed by atoms with E-state index in [-0.39, 0.29) is 17.1 Å². The Morgan fingerprint density at radius 2 is 1.87 bits per heavy atom. The van der Waals surface area contributed by atoms with Crippen LogP contribution in [0.4, 0.5) is 11.5 Å². The molecule has 0 fully saturated rings. The van der Waals surface area contributed by atoms with Crippen LogP contribution in [-0.2, 0) is 16.6 Å². The van der Waals surface area contributed by atoms with Crippen LogP contribution < -0.4 is 9.88 Å². The van der Waals surface area contributed by atoms with Crippen molar-refractivity contribution in [3.8, 4) is 0 Å². The first kappa shape index (κ1) is 16.8. The molecule has 0 aliphatic carbocycles. The van der Waals surface area contributed by atoms with Crippen LogP contribution in [0.2, 0.25) is 0 Å². The Kier molecular flexibility index (Phi) is 4.92. The molecule has 2 rings (SSSR count). The van der Waals surface area contributed by atoms with Crippen molar-refractivity contribution in [3.05, 3.63) is 63.0 Å². The second-order valence-corrected chi connectivity index (χ2v) is 6.67. The number of benzene rings is 1. The molecule has 0 unspecified atom stereocenters. The third kappa shape index (κ3) is 4.24. The molecule has 1 aromatic carbocycles. The van der Waals surface area contributed by atoms with Crippen molar-refractivity contribution in [2.24, 2.45) is 0 Å². The topological polar surface area (TPSA) is 109 Å². The van der Waals surface area contributed by atoms with E-state index in [2.05, 4.69) is 9.71 Å². The number of non-ortho nitro benzene ring substituents is 1. The number of nitro benzene ring substituents is 1. The lowest BCUT2D eigenvalue weighted by atomic mass is 10.2. The van der Waals surface area contributed by atoms with Gasteiger partial charge in [-0.3, -0.25) is 15.0 Å². The van der Waals surface area contributed by atoms with Crippen molar-refractivity contribution in [1.29, 1.82) is 0 Å². The molecule has 0 aliphatic heterocycles. The van der Waals surface area contributed by atoms with E-state index in [1.807, 2.05) is 19.0 Å². The van der Waals surface area contributed by atoms with Crippen LogP contribution in [0, 0.1) is 10.1 Å². The van der Waals surface area contributed by atoms with Crippen molar-refractivity contribution in [1.82, 2.24) is 0 Å². The van der Waals surface area contributed by atoms with E-state index in [9.17, 15) is 18.5 Å². The van der Waals surface area contributed by atoms with Gasteiger partial charge in [-0.15, -0.1) is 6.54 Å². The highest BCUT2D eigenvalue weighted by molar-refractivity contribution is 7.94. The largest absolute Gasteiger partial charge is 0.541 e. The van der Waals surface area contributed by atoms with Gasteiger partial charge >= 0.3 is 0 Å². The second kappa shape index (κ2) is 6.71. The minimum Gasteiger partial charge on any atom is -0.541 e. The minimum atomic E-state index is -3.86. The quantitative estimate of drug-likeness (QED) is 0.589. The van der Waals surface area contributed by atoms with Crippen molar-refractivity contribution < 1.29 is 18.3 Å². The van der Waals surface area contributed by atoms with Crippen LogP contribution in [-0.4, -0.2) is 27.4 Å². The van der Waals surface area contributed by atoms with E-state index >= 15 is 0 Å². The van der Waals surface area contributed by atoms with E-state index in [4.69, 9.17) is 0 Å². The highest BCUT2D eigenvalue weighted by atomic mass is 32.2. The zero-order valence-electron chi connectivity index (χ0n) is 12.6. The van der Waals surface area contributed by atoms with Crippen LogP contribution in [0.15, 0.2) is 47.5 Å². The monoisotopic (exact) mass is 336 g/mol. The summed E-state index contributed by atoms with van der Waals surface area (Å²) in [5.74, 6) is 0.824. The first-order valence-corrected chi connectivity index (χ1v) is 8.10. The van der Waals surface area contributed by atoms with Crippen LogP contribution in [0.25, 0.3) is 4.72 Å². The molecule has 0 aliphatic rings. The van der Waals surface area contributed by atoms with Gasteiger partial charge in [0, 0.05) is 23.1 Å². The molecule has 0 saturated heterocycles. The molecule has 0 saturated carbocycles. The number of hydrogen-bond donors (Lipinski definition) is 0. The Hall–Kier alpha value is -2.52. The highest BCUT2D eigenvalue weighted by Gasteiger charge is 2.09. The lowest BCUT2D eigenvalue weighted by molar-refractivity contribution is -0.384. The second-order valence-electron chi connectivity index (χ2n) is 4.99. The molecule has 122 valence electrons. The molecule has 9 heteroatoms. The number of nitrogens with zero attached hydrogens (tertiary/aromatic N) is 3. The molecule has 23 heavy (non-hydrogen) atoms. The molecule has 0 amide bonds. The van der Waals surface area contributed by atoms with E-state index < -0.39 is 14.9 Å². The summed E-state index contributed by atoms with van der Waals surface area (Å²) >= 11 is 0. The van der Waals surface area contributed by atoms with Crippen LogP contribution >= 0.6 is 0 Å². The Morgan fingerprint density at radius 1 is 1.22 bits per heavy atom. The van der Waals surface area contributed by atoms with Gasteiger partial charge in [-0.05, 0) is 18.2 Å². The summed E-state index contributed by atoms with van der Waals surface area (Å²) in [6.07, 6.45) is 1.71. The maximum absolute atomic E-state index is 12.2. The number of nitrogens with one attached hydrogen (secondary N) is 1. The molecule has 1 N–H and O–H groups in total. The Bertz CT molecular complexity index is 804. The maximum atomic E-state index is 12.2. The maximum Gasteiger partial charge on any atom is 0.274 e. The van der Waals surface area contributed by atoms with Gasteiger partial charge in [0.1, 0.15) is 10.0 Å². The van der Waals surface area contributed by atoms with Crippen LogP contribution in [0.5, 0.6) is 0 Å². The fourth-order valence-corrected chi connectivity index (χ4v) is 2.78. The normalized spacial score (nSPS) is 11.2. The van der Waals surface area contributed by atoms with Gasteiger partial charge in [-0.1, -0.05) is 5.56 Å². The summed E-state index contributed by atoms with van der Waals surface area (Å²) in [4.78, 5) is 14.8. The van der Waals surface area contributed by atoms with Gasteiger partial charge in [0.05, 0.1) is 25.2 Å². The number of aromatic nitrogens is 1. The molecule has 0 radical (unpaired) electrons. The fraction of sp³-hybridized carbons (Fsp3) is 0.214. The summed E-state index contributed by atoms with van der Waals surface area (Å²) in [5.41, 5.74) is 0.566. The van der Waals surface area contributed by atoms with E-state index in [1.165, 1.54) is 12.1 Å². The van der Waals surface area contributed by atoms with Crippen molar-refractivity contribution >= 4 is 21.5 Å². The average molecular weight is 336 g/mol. The predicted molar refractivity (Wildman–Crippen MR) is 84.7 cm³/mol. The molecule has 2 aromatic rings. The zero-order chi connectivity index (χ0) is 17.0. The number of nitro groups is 1. The van der Waals surface area contributed by atoms with Gasteiger partial charge in [0.2, 0.25) is 0 Å². The fourth-order valence-electron chi connectivity index (χ4n) is 1.83. The average Bonchev–Trinajstić information content (AvgIpc) is 2.53. The molecular formula is C14H16N4O4S. The number of H-pyrrole nitrogens is 1. The number of anilines is 1. The first-order chi connectivity index (χ1) is 10.8. The Balaban J connectivity index is 2.12. The Labute approximate surface area is 134 Å². The molecule has 0 bridgehead atoms. The lowest BCUT2D eigenvalue weighted by Crippen LogP contribution is -2.20. The van der Waals surface area contributed by atoms with Gasteiger partial charge in [0.15, 0.2) is 0 Å². The van der Waals surface area contributed by atoms with Crippen LogP contribution in [0.1, 0.15) is 5.56 Å². The van der Waals surface area contributed by atoms with Gasteiger partial charge in [-0.2, -0.15) is 0 Å². The van der Waals surface area contributed by atoms with E-state index in [0.29, 0.717) is 0 Å². The lowest BCUT2D eigenvalue weighted by Gasteiger charge is -2.20. The molecular weight excluding hydrogens is 320 g/mol. The summed E-state index contributed by atoms with van der Waals surface area (Å²) in [7, 11) is -0.132. The summed E-state index contributed by atoms with van der Waals surface area (Å²) in [6, 6.07) is 8.19. The molecule has 0 atom stereocenters. The summed E-state index contributed by atoms with van der Waals surface area (Å²) in [5, 5.41) is 10.6. The molecule has 0 spiro atoms. The van der Waals surface area contributed by atoms with E-state index in [0.717, 1.165) is 23.5 Å². The smallest absolute Gasteiger partial charge is 0.274 e. The SMILES string of the molecule is CN(C)c1cc(C[N-]S(=O)(=O)c2ccc([N+](=O)[O-])cc2)cc[nH+]1. The summed E-state index contributed by atoms with van der Waals surface area (Å²) in [6.45, 7) is -0.00512.